The average molecular weight is 362 g/mol. The SMILES string of the molecule is CN(Cc1csc(Br)c1)Cc1cc(N)c2ccccc2n1. The molecule has 0 amide bonds. The van der Waals surface area contributed by atoms with Crippen molar-refractivity contribution < 1.29 is 0 Å². The molecule has 2 heterocycles. The van der Waals surface area contributed by atoms with E-state index in [4.69, 9.17) is 10.7 Å². The Hall–Kier alpha value is -1.43. The fourth-order valence-electron chi connectivity index (χ4n) is 2.41. The van der Waals surface area contributed by atoms with Crippen LogP contribution in [-0.4, -0.2) is 16.9 Å². The Morgan fingerprint density at radius 2 is 2.05 bits per heavy atom. The van der Waals surface area contributed by atoms with E-state index in [0.717, 1.165) is 35.4 Å². The maximum absolute atomic E-state index is 6.13. The highest BCUT2D eigenvalue weighted by Crippen LogP contribution is 2.23. The summed E-state index contributed by atoms with van der Waals surface area (Å²) in [7, 11) is 2.10. The first kappa shape index (κ1) is 14.5. The molecule has 0 bridgehead atoms. The normalized spacial score (nSPS) is 11.4. The molecule has 0 saturated heterocycles. The molecular formula is C16H16BrN3S. The van der Waals surface area contributed by atoms with Gasteiger partial charge in [-0.15, -0.1) is 11.3 Å². The molecule has 0 saturated carbocycles. The molecule has 0 aliphatic heterocycles. The number of para-hydroxylation sites is 1. The van der Waals surface area contributed by atoms with Crippen LogP contribution in [0.25, 0.3) is 10.9 Å². The standard InChI is InChI=1S/C16H16BrN3S/c1-20(8-11-6-16(17)21-10-11)9-12-7-14(18)13-4-2-3-5-15(13)19-12/h2-7,10H,8-9H2,1H3,(H2,18,19). The summed E-state index contributed by atoms with van der Waals surface area (Å²) in [5.41, 5.74) is 10.2. The van der Waals surface area contributed by atoms with E-state index in [0.29, 0.717) is 0 Å². The lowest BCUT2D eigenvalue weighted by Gasteiger charge is -2.16. The Balaban J connectivity index is 1.78. The van der Waals surface area contributed by atoms with Crippen molar-refractivity contribution in [3.05, 3.63) is 56.8 Å². The molecule has 0 spiro atoms. The van der Waals surface area contributed by atoms with E-state index in [9.17, 15) is 0 Å². The van der Waals surface area contributed by atoms with E-state index < -0.39 is 0 Å². The molecular weight excluding hydrogens is 346 g/mol. The maximum Gasteiger partial charge on any atom is 0.0726 e. The van der Waals surface area contributed by atoms with Crippen molar-refractivity contribution in [3.63, 3.8) is 0 Å². The minimum absolute atomic E-state index is 0.780. The predicted octanol–water partition coefficient (Wildman–Crippen LogP) is 4.27. The zero-order valence-corrected chi connectivity index (χ0v) is 14.1. The Kier molecular flexibility index (Phi) is 4.24. The van der Waals surface area contributed by atoms with E-state index in [2.05, 4.69) is 39.3 Å². The van der Waals surface area contributed by atoms with Gasteiger partial charge in [0, 0.05) is 24.2 Å². The highest BCUT2D eigenvalue weighted by atomic mass is 79.9. The number of anilines is 1. The number of halogens is 1. The number of nitrogens with zero attached hydrogens (tertiary/aromatic N) is 2. The second-order valence-electron chi connectivity index (χ2n) is 5.15. The van der Waals surface area contributed by atoms with E-state index in [1.165, 1.54) is 9.35 Å². The largest absolute Gasteiger partial charge is 0.398 e. The first-order valence-corrected chi connectivity index (χ1v) is 8.34. The highest BCUT2D eigenvalue weighted by Gasteiger charge is 2.07. The van der Waals surface area contributed by atoms with Crippen LogP contribution in [0.1, 0.15) is 11.3 Å². The maximum atomic E-state index is 6.13. The molecule has 0 atom stereocenters. The Morgan fingerprint density at radius 3 is 2.81 bits per heavy atom. The molecule has 0 radical (unpaired) electrons. The summed E-state index contributed by atoms with van der Waals surface area (Å²) in [6, 6.07) is 12.1. The lowest BCUT2D eigenvalue weighted by atomic mass is 10.1. The second-order valence-corrected chi connectivity index (χ2v) is 7.44. The fraction of sp³-hybridized carbons (Fsp3) is 0.188. The first-order valence-electron chi connectivity index (χ1n) is 6.67. The number of benzene rings is 1. The molecule has 2 aromatic heterocycles. The van der Waals surface area contributed by atoms with Gasteiger partial charge in [-0.05, 0) is 52.1 Å². The van der Waals surface area contributed by atoms with Gasteiger partial charge in [0.15, 0.2) is 0 Å². The van der Waals surface area contributed by atoms with Crippen molar-refractivity contribution >= 4 is 43.9 Å². The minimum atomic E-state index is 0.780. The summed E-state index contributed by atoms with van der Waals surface area (Å²) in [4.78, 5) is 6.94. The van der Waals surface area contributed by atoms with Crippen molar-refractivity contribution in [3.8, 4) is 0 Å². The molecule has 108 valence electrons. The van der Waals surface area contributed by atoms with Crippen molar-refractivity contribution in [2.45, 2.75) is 13.1 Å². The lowest BCUT2D eigenvalue weighted by molar-refractivity contribution is 0.316. The fourth-order valence-corrected chi connectivity index (χ4v) is 3.61. The van der Waals surface area contributed by atoms with Crippen molar-refractivity contribution in [2.75, 3.05) is 12.8 Å². The minimum Gasteiger partial charge on any atom is -0.398 e. The third kappa shape index (κ3) is 3.43. The second kappa shape index (κ2) is 6.13. The van der Waals surface area contributed by atoms with Gasteiger partial charge in [0.2, 0.25) is 0 Å². The topological polar surface area (TPSA) is 42.1 Å². The summed E-state index contributed by atoms with van der Waals surface area (Å²) in [5, 5.41) is 3.19. The quantitative estimate of drug-likeness (QED) is 0.754. The number of thiophene rings is 1. The number of hydrogen-bond acceptors (Lipinski definition) is 4. The van der Waals surface area contributed by atoms with Gasteiger partial charge in [0.05, 0.1) is 15.0 Å². The number of nitrogens with two attached hydrogens (primary N) is 1. The van der Waals surface area contributed by atoms with Crippen LogP contribution in [0.5, 0.6) is 0 Å². The number of nitrogen functional groups attached to an aromatic ring is 1. The van der Waals surface area contributed by atoms with Crippen LogP contribution < -0.4 is 5.73 Å². The van der Waals surface area contributed by atoms with Gasteiger partial charge in [0.25, 0.3) is 0 Å². The van der Waals surface area contributed by atoms with Gasteiger partial charge < -0.3 is 5.73 Å². The van der Waals surface area contributed by atoms with Crippen molar-refractivity contribution in [2.24, 2.45) is 0 Å². The van der Waals surface area contributed by atoms with E-state index in [-0.39, 0.29) is 0 Å². The Morgan fingerprint density at radius 1 is 1.24 bits per heavy atom. The molecule has 1 aromatic carbocycles. The summed E-state index contributed by atoms with van der Waals surface area (Å²) in [6.45, 7) is 1.68. The molecule has 3 rings (SSSR count). The van der Waals surface area contributed by atoms with Gasteiger partial charge in [0.1, 0.15) is 0 Å². The number of hydrogen-bond donors (Lipinski definition) is 1. The molecule has 0 aliphatic carbocycles. The predicted molar refractivity (Wildman–Crippen MR) is 93.3 cm³/mol. The summed E-state index contributed by atoms with van der Waals surface area (Å²) >= 11 is 5.21. The number of rotatable bonds is 4. The van der Waals surface area contributed by atoms with Gasteiger partial charge in [-0.25, -0.2) is 0 Å². The summed E-state index contributed by atoms with van der Waals surface area (Å²) in [5.74, 6) is 0. The molecule has 3 aromatic rings. The van der Waals surface area contributed by atoms with Crippen LogP contribution in [0, 0.1) is 0 Å². The zero-order valence-electron chi connectivity index (χ0n) is 11.7. The van der Waals surface area contributed by atoms with E-state index in [1.807, 2.05) is 30.3 Å². The number of pyridine rings is 1. The molecule has 5 heteroatoms. The van der Waals surface area contributed by atoms with Crippen LogP contribution in [0.15, 0.2) is 45.6 Å². The molecule has 0 fully saturated rings. The van der Waals surface area contributed by atoms with Gasteiger partial charge in [-0.1, -0.05) is 18.2 Å². The average Bonchev–Trinajstić information content (AvgIpc) is 2.84. The van der Waals surface area contributed by atoms with Crippen LogP contribution in [0.2, 0.25) is 0 Å². The molecule has 2 N–H and O–H groups in total. The lowest BCUT2D eigenvalue weighted by Crippen LogP contribution is -2.17. The van der Waals surface area contributed by atoms with E-state index in [1.54, 1.807) is 11.3 Å². The molecule has 0 aliphatic rings. The molecule has 3 nitrogen and oxygen atoms in total. The van der Waals surface area contributed by atoms with Crippen molar-refractivity contribution in [1.29, 1.82) is 0 Å². The smallest absolute Gasteiger partial charge is 0.0726 e. The monoisotopic (exact) mass is 361 g/mol. The van der Waals surface area contributed by atoms with Crippen LogP contribution in [0.4, 0.5) is 5.69 Å². The Bertz CT molecular complexity index is 769. The summed E-state index contributed by atoms with van der Waals surface area (Å²) in [6.07, 6.45) is 0. The van der Waals surface area contributed by atoms with E-state index >= 15 is 0 Å². The Labute approximate surface area is 136 Å². The highest BCUT2D eigenvalue weighted by molar-refractivity contribution is 9.11. The molecule has 0 unspecified atom stereocenters. The summed E-state index contributed by atoms with van der Waals surface area (Å²) < 4.78 is 1.17. The van der Waals surface area contributed by atoms with Crippen LogP contribution >= 0.6 is 27.3 Å². The third-order valence-corrected chi connectivity index (χ3v) is 4.86. The number of fused-ring (bicyclic) bond motifs is 1. The van der Waals surface area contributed by atoms with Gasteiger partial charge in [-0.3, -0.25) is 9.88 Å². The first-order chi connectivity index (χ1) is 10.1. The van der Waals surface area contributed by atoms with Gasteiger partial charge >= 0.3 is 0 Å². The third-order valence-electron chi connectivity index (χ3n) is 3.31. The molecule has 21 heavy (non-hydrogen) atoms. The zero-order chi connectivity index (χ0) is 14.8. The van der Waals surface area contributed by atoms with Gasteiger partial charge in [-0.2, -0.15) is 0 Å². The van der Waals surface area contributed by atoms with Crippen LogP contribution in [-0.2, 0) is 13.1 Å². The van der Waals surface area contributed by atoms with Crippen molar-refractivity contribution in [1.82, 2.24) is 9.88 Å². The number of aromatic nitrogens is 1. The van der Waals surface area contributed by atoms with Crippen LogP contribution in [0.3, 0.4) is 0 Å².